The van der Waals surface area contributed by atoms with E-state index in [0.717, 1.165) is 0 Å². The van der Waals surface area contributed by atoms with Gasteiger partial charge in [-0.1, -0.05) is 112 Å². The molecule has 0 aromatic heterocycles. The number of hydrogen-bond acceptors (Lipinski definition) is 1. The van der Waals surface area contributed by atoms with E-state index in [4.69, 9.17) is 0 Å². The Kier molecular flexibility index (Phi) is 5.63. The Morgan fingerprint density at radius 3 is 1.57 bits per heavy atom. The van der Waals surface area contributed by atoms with Crippen LogP contribution in [-0.2, 0) is 10.8 Å². The van der Waals surface area contributed by atoms with E-state index in [0.29, 0.717) is 0 Å². The molecule has 0 saturated heterocycles. The zero-order chi connectivity index (χ0) is 30.5. The molecule has 44 heavy (non-hydrogen) atoms. The topological polar surface area (TPSA) is 3.24 Å². The first-order valence-corrected chi connectivity index (χ1v) is 15.9. The van der Waals surface area contributed by atoms with Gasteiger partial charge in [0.05, 0.1) is 0 Å². The lowest BCUT2D eigenvalue weighted by Crippen LogP contribution is -2.24. The molecular weight excluding hydrogens is 530 g/mol. The summed E-state index contributed by atoms with van der Waals surface area (Å²) in [5, 5.41) is 2.84. The van der Waals surface area contributed by atoms with Crippen molar-refractivity contribution in [1.82, 2.24) is 0 Å². The van der Waals surface area contributed by atoms with Crippen LogP contribution < -0.4 is 4.90 Å². The molecule has 0 fully saturated rings. The summed E-state index contributed by atoms with van der Waals surface area (Å²) in [4.78, 5) is 2.39. The zero-order valence-corrected chi connectivity index (χ0v) is 26.8. The predicted molar refractivity (Wildman–Crippen MR) is 189 cm³/mol. The maximum Gasteiger partial charge on any atom is 0.0465 e. The van der Waals surface area contributed by atoms with E-state index in [1.165, 1.54) is 89.0 Å². The second-order valence-corrected chi connectivity index (χ2v) is 14.4. The Balaban J connectivity index is 1.33. The van der Waals surface area contributed by atoms with E-state index in [2.05, 4.69) is 163 Å². The van der Waals surface area contributed by atoms with Crippen LogP contribution in [-0.4, -0.2) is 0 Å². The van der Waals surface area contributed by atoms with Crippen LogP contribution in [0.1, 0.15) is 62.4 Å². The molecule has 0 spiro atoms. The number of fused-ring (bicyclic) bond motifs is 5. The second kappa shape index (κ2) is 9.19. The highest BCUT2D eigenvalue weighted by Crippen LogP contribution is 2.57. The van der Waals surface area contributed by atoms with Crippen LogP contribution in [0.25, 0.3) is 44.2 Å². The van der Waals surface area contributed by atoms with Gasteiger partial charge in [-0.3, -0.25) is 0 Å². The molecule has 0 bridgehead atoms. The molecule has 6 aromatic rings. The van der Waals surface area contributed by atoms with Crippen molar-refractivity contribution < 1.29 is 0 Å². The van der Waals surface area contributed by atoms with Crippen molar-refractivity contribution in [2.24, 2.45) is 0 Å². The lowest BCUT2D eigenvalue weighted by Gasteiger charge is -2.37. The van der Waals surface area contributed by atoms with Crippen LogP contribution >= 0.6 is 0 Å². The van der Waals surface area contributed by atoms with E-state index >= 15 is 0 Å². The first-order chi connectivity index (χ1) is 21.0. The largest absolute Gasteiger partial charge is 0.310 e. The minimum absolute atomic E-state index is 0.114. The zero-order valence-electron chi connectivity index (χ0n) is 26.8. The molecule has 2 aliphatic rings. The average molecular weight is 570 g/mol. The van der Waals surface area contributed by atoms with Crippen molar-refractivity contribution in [1.29, 1.82) is 0 Å². The SMILES string of the molecule is Cc1ccc(N(c2ccc(C)cc2)c2ccc3c(c2)C(C)(C)c2ccc4c5c(ccc-3c25)-c2ccc(C(C)(C)C)cc2-4)cc1. The Morgan fingerprint density at radius 1 is 0.455 bits per heavy atom. The third-order valence-electron chi connectivity index (χ3n) is 10.1. The van der Waals surface area contributed by atoms with Gasteiger partial charge >= 0.3 is 0 Å². The molecule has 216 valence electrons. The maximum atomic E-state index is 2.44. The van der Waals surface area contributed by atoms with Gasteiger partial charge < -0.3 is 4.90 Å². The second-order valence-electron chi connectivity index (χ2n) is 14.4. The Bertz CT molecular complexity index is 2070. The Labute approximate surface area is 261 Å². The van der Waals surface area contributed by atoms with Crippen molar-refractivity contribution in [2.45, 2.75) is 59.3 Å². The van der Waals surface area contributed by atoms with E-state index in [-0.39, 0.29) is 10.8 Å². The normalized spacial score (nSPS) is 14.0. The fourth-order valence-electron chi connectivity index (χ4n) is 7.56. The van der Waals surface area contributed by atoms with Crippen LogP contribution in [0.2, 0.25) is 0 Å². The van der Waals surface area contributed by atoms with Gasteiger partial charge in [0, 0.05) is 22.5 Å². The summed E-state index contributed by atoms with van der Waals surface area (Å²) in [6.45, 7) is 16.0. The maximum absolute atomic E-state index is 2.44. The standard InChI is InChI=1S/C43H39N/c1-26-8-13-29(14-9-26)44(30-15-10-27(2)11-16-30)31-17-19-33-35-21-20-34-32-18-12-28(42(3,4)5)24-37(32)36-22-23-38(41(35)40(34)36)43(6,7)39(33)25-31/h8-25H,1-7H3. The fraction of sp³-hybridized carbons (Fsp3) is 0.209. The first-order valence-electron chi connectivity index (χ1n) is 15.9. The van der Waals surface area contributed by atoms with Gasteiger partial charge in [0.1, 0.15) is 0 Å². The van der Waals surface area contributed by atoms with E-state index in [9.17, 15) is 0 Å². The molecule has 1 heteroatoms. The molecule has 2 aliphatic carbocycles. The van der Waals surface area contributed by atoms with Gasteiger partial charge in [-0.15, -0.1) is 0 Å². The van der Waals surface area contributed by atoms with Gasteiger partial charge in [-0.2, -0.15) is 0 Å². The van der Waals surface area contributed by atoms with Gasteiger partial charge in [0.2, 0.25) is 0 Å². The molecule has 0 unspecified atom stereocenters. The molecular formula is C43H39N. The number of rotatable bonds is 3. The van der Waals surface area contributed by atoms with Crippen molar-refractivity contribution in [3.63, 3.8) is 0 Å². The molecule has 0 N–H and O–H groups in total. The molecule has 0 aliphatic heterocycles. The summed E-state index contributed by atoms with van der Waals surface area (Å²) >= 11 is 0. The van der Waals surface area contributed by atoms with Gasteiger partial charge in [0.25, 0.3) is 0 Å². The highest BCUT2D eigenvalue weighted by molar-refractivity contribution is 6.21. The quantitative estimate of drug-likeness (QED) is 0.205. The minimum Gasteiger partial charge on any atom is -0.310 e. The molecule has 1 nitrogen and oxygen atoms in total. The third kappa shape index (κ3) is 3.85. The summed E-state index contributed by atoms with van der Waals surface area (Å²) in [6.07, 6.45) is 0. The number of nitrogens with zero attached hydrogens (tertiary/aromatic N) is 1. The number of hydrogen-bond donors (Lipinski definition) is 0. The van der Waals surface area contributed by atoms with Crippen LogP contribution in [0.5, 0.6) is 0 Å². The smallest absolute Gasteiger partial charge is 0.0465 e. The molecule has 6 aromatic carbocycles. The van der Waals surface area contributed by atoms with Crippen molar-refractivity contribution in [3.05, 3.63) is 137 Å². The monoisotopic (exact) mass is 569 g/mol. The highest BCUT2D eigenvalue weighted by atomic mass is 15.1. The number of anilines is 3. The minimum atomic E-state index is -0.160. The Morgan fingerprint density at radius 2 is 0.955 bits per heavy atom. The van der Waals surface area contributed by atoms with Crippen LogP contribution in [0.3, 0.4) is 0 Å². The van der Waals surface area contributed by atoms with Crippen LogP contribution in [0.4, 0.5) is 17.1 Å². The summed E-state index contributed by atoms with van der Waals surface area (Å²) in [6, 6.07) is 41.5. The molecule has 0 atom stereocenters. The van der Waals surface area contributed by atoms with E-state index in [1.807, 2.05) is 0 Å². The van der Waals surface area contributed by atoms with E-state index < -0.39 is 0 Å². The van der Waals surface area contributed by atoms with Crippen molar-refractivity contribution >= 4 is 27.8 Å². The molecule has 0 saturated carbocycles. The molecule has 0 heterocycles. The molecule has 0 amide bonds. The molecule has 0 radical (unpaired) electrons. The van der Waals surface area contributed by atoms with Gasteiger partial charge in [-0.25, -0.2) is 0 Å². The third-order valence-corrected chi connectivity index (χ3v) is 10.1. The summed E-state index contributed by atoms with van der Waals surface area (Å²) < 4.78 is 0. The lowest BCUT2D eigenvalue weighted by atomic mass is 9.68. The Hall–Kier alpha value is -4.62. The van der Waals surface area contributed by atoms with Crippen LogP contribution in [0.15, 0.2) is 109 Å². The highest BCUT2D eigenvalue weighted by Gasteiger charge is 2.37. The average Bonchev–Trinajstić information content (AvgIpc) is 3.33. The van der Waals surface area contributed by atoms with Crippen molar-refractivity contribution in [3.8, 4) is 33.4 Å². The molecule has 8 rings (SSSR count). The summed E-state index contributed by atoms with van der Waals surface area (Å²) in [7, 11) is 0. The van der Waals surface area contributed by atoms with Crippen LogP contribution in [0, 0.1) is 13.8 Å². The summed E-state index contributed by atoms with van der Waals surface area (Å²) in [5.74, 6) is 0. The number of benzene rings is 6. The summed E-state index contributed by atoms with van der Waals surface area (Å²) in [5.41, 5.74) is 18.4. The van der Waals surface area contributed by atoms with Gasteiger partial charge in [0.15, 0.2) is 0 Å². The van der Waals surface area contributed by atoms with Crippen molar-refractivity contribution in [2.75, 3.05) is 4.90 Å². The van der Waals surface area contributed by atoms with Gasteiger partial charge in [-0.05, 0) is 123 Å². The first kappa shape index (κ1) is 27.0. The van der Waals surface area contributed by atoms with E-state index in [1.54, 1.807) is 0 Å². The number of aryl methyl sites for hydroxylation is 2. The fourth-order valence-corrected chi connectivity index (χ4v) is 7.56. The lowest BCUT2D eigenvalue weighted by molar-refractivity contribution is 0.590. The predicted octanol–water partition coefficient (Wildman–Crippen LogP) is 12.2.